The van der Waals surface area contributed by atoms with Crippen molar-refractivity contribution in [3.05, 3.63) is 29.8 Å². The van der Waals surface area contributed by atoms with Crippen molar-refractivity contribution in [1.29, 1.82) is 0 Å². The lowest BCUT2D eigenvalue weighted by Gasteiger charge is -2.32. The SMILES string of the molecule is CC1(C)CCN(C(=O)C2CCN(S(=O)(=O)c3ccc(C(=O)O)cc3)CC2)C1. The molecule has 2 aliphatic rings. The van der Waals surface area contributed by atoms with Gasteiger partial charge in [-0.05, 0) is 48.9 Å². The molecule has 0 unspecified atom stereocenters. The van der Waals surface area contributed by atoms with Crippen LogP contribution in [-0.2, 0) is 14.8 Å². The molecule has 2 saturated heterocycles. The van der Waals surface area contributed by atoms with Crippen LogP contribution in [0, 0.1) is 11.3 Å². The van der Waals surface area contributed by atoms with Gasteiger partial charge in [0.25, 0.3) is 0 Å². The van der Waals surface area contributed by atoms with Crippen molar-refractivity contribution in [2.24, 2.45) is 11.3 Å². The smallest absolute Gasteiger partial charge is 0.335 e. The van der Waals surface area contributed by atoms with Crippen LogP contribution in [0.25, 0.3) is 0 Å². The second-order valence-electron chi connectivity index (χ2n) is 8.18. The fourth-order valence-electron chi connectivity index (χ4n) is 3.82. The van der Waals surface area contributed by atoms with Crippen molar-refractivity contribution in [2.75, 3.05) is 26.2 Å². The average Bonchev–Trinajstić information content (AvgIpc) is 3.01. The number of carboxylic acids is 1. The molecule has 27 heavy (non-hydrogen) atoms. The van der Waals surface area contributed by atoms with Crippen LogP contribution < -0.4 is 0 Å². The van der Waals surface area contributed by atoms with Gasteiger partial charge in [-0.1, -0.05) is 13.8 Å². The predicted octanol–water partition coefficient (Wildman–Crippen LogP) is 2.04. The monoisotopic (exact) mass is 394 g/mol. The van der Waals surface area contributed by atoms with E-state index in [1.165, 1.54) is 28.6 Å². The number of rotatable bonds is 4. The van der Waals surface area contributed by atoms with E-state index in [0.717, 1.165) is 19.5 Å². The third kappa shape index (κ3) is 4.16. The van der Waals surface area contributed by atoms with Gasteiger partial charge in [-0.3, -0.25) is 4.79 Å². The van der Waals surface area contributed by atoms with Crippen LogP contribution in [0.3, 0.4) is 0 Å². The van der Waals surface area contributed by atoms with E-state index >= 15 is 0 Å². The first-order valence-corrected chi connectivity index (χ1v) is 10.7. The van der Waals surface area contributed by atoms with Crippen molar-refractivity contribution < 1.29 is 23.1 Å². The highest BCUT2D eigenvalue weighted by Gasteiger charge is 2.37. The maximum Gasteiger partial charge on any atom is 0.335 e. The molecule has 7 nitrogen and oxygen atoms in total. The van der Waals surface area contributed by atoms with Crippen LogP contribution in [-0.4, -0.2) is 60.8 Å². The lowest BCUT2D eigenvalue weighted by Crippen LogP contribution is -2.44. The van der Waals surface area contributed by atoms with E-state index in [1.54, 1.807) is 0 Å². The first kappa shape index (κ1) is 19.8. The number of sulfonamides is 1. The van der Waals surface area contributed by atoms with E-state index in [4.69, 9.17) is 5.11 Å². The fourth-order valence-corrected chi connectivity index (χ4v) is 5.29. The summed E-state index contributed by atoms with van der Waals surface area (Å²) in [5.74, 6) is -1.08. The molecule has 2 fully saturated rings. The van der Waals surface area contributed by atoms with E-state index in [0.29, 0.717) is 25.9 Å². The van der Waals surface area contributed by atoms with Crippen LogP contribution >= 0.6 is 0 Å². The van der Waals surface area contributed by atoms with Gasteiger partial charge in [0.1, 0.15) is 0 Å². The summed E-state index contributed by atoms with van der Waals surface area (Å²) in [5.41, 5.74) is 0.203. The summed E-state index contributed by atoms with van der Waals surface area (Å²) < 4.78 is 26.9. The Kier molecular flexibility index (Phi) is 5.31. The quantitative estimate of drug-likeness (QED) is 0.843. The number of hydrogen-bond donors (Lipinski definition) is 1. The summed E-state index contributed by atoms with van der Waals surface area (Å²) in [4.78, 5) is 25.6. The number of piperidine rings is 1. The summed E-state index contributed by atoms with van der Waals surface area (Å²) in [6, 6.07) is 5.23. The van der Waals surface area contributed by atoms with Crippen LogP contribution in [0.5, 0.6) is 0 Å². The highest BCUT2D eigenvalue weighted by Crippen LogP contribution is 2.32. The first-order chi connectivity index (χ1) is 12.6. The number of benzene rings is 1. The molecule has 0 bridgehead atoms. The van der Waals surface area contributed by atoms with Gasteiger partial charge >= 0.3 is 5.97 Å². The highest BCUT2D eigenvalue weighted by molar-refractivity contribution is 7.89. The molecular weight excluding hydrogens is 368 g/mol. The van der Waals surface area contributed by atoms with E-state index in [1.807, 2.05) is 4.90 Å². The standard InChI is InChI=1S/C19H26N2O5S/c1-19(2)9-12-20(13-19)17(22)14-7-10-21(11-8-14)27(25,26)16-5-3-15(4-6-16)18(23)24/h3-6,14H,7-13H2,1-2H3,(H,23,24). The number of nitrogens with zero attached hydrogens (tertiary/aromatic N) is 2. The van der Waals surface area contributed by atoms with Gasteiger partial charge in [0.2, 0.25) is 15.9 Å². The normalized spacial score (nSPS) is 21.3. The number of amides is 1. The second-order valence-corrected chi connectivity index (χ2v) is 10.1. The lowest BCUT2D eigenvalue weighted by molar-refractivity contribution is -0.136. The zero-order valence-electron chi connectivity index (χ0n) is 15.7. The van der Waals surface area contributed by atoms with Gasteiger partial charge < -0.3 is 10.0 Å². The van der Waals surface area contributed by atoms with Crippen LogP contribution in [0.4, 0.5) is 0 Å². The van der Waals surface area contributed by atoms with Crippen molar-refractivity contribution >= 4 is 21.9 Å². The Morgan fingerprint density at radius 2 is 1.67 bits per heavy atom. The van der Waals surface area contributed by atoms with Crippen molar-refractivity contribution in [3.63, 3.8) is 0 Å². The Hall–Kier alpha value is -1.93. The number of carbonyl (C=O) groups is 2. The first-order valence-electron chi connectivity index (χ1n) is 9.22. The largest absolute Gasteiger partial charge is 0.478 e. The van der Waals surface area contributed by atoms with Gasteiger partial charge in [-0.25, -0.2) is 13.2 Å². The molecule has 148 valence electrons. The molecule has 1 N–H and O–H groups in total. The number of hydrogen-bond acceptors (Lipinski definition) is 4. The van der Waals surface area contributed by atoms with E-state index in [9.17, 15) is 18.0 Å². The molecular formula is C19H26N2O5S. The summed E-state index contributed by atoms with van der Waals surface area (Å²) in [5, 5.41) is 8.93. The maximum atomic E-state index is 12.8. The molecule has 3 rings (SSSR count). The van der Waals surface area contributed by atoms with Crippen LogP contribution in [0.1, 0.15) is 43.5 Å². The van der Waals surface area contributed by atoms with Gasteiger partial charge in [0.15, 0.2) is 0 Å². The topological polar surface area (TPSA) is 95.0 Å². The zero-order chi connectivity index (χ0) is 19.8. The Labute approximate surface area is 160 Å². The molecule has 0 spiro atoms. The van der Waals surface area contributed by atoms with Crippen molar-refractivity contribution in [3.8, 4) is 0 Å². The highest BCUT2D eigenvalue weighted by atomic mass is 32.2. The Balaban J connectivity index is 1.62. The molecule has 8 heteroatoms. The summed E-state index contributed by atoms with van der Waals surface area (Å²) in [6.07, 6.45) is 2.03. The van der Waals surface area contributed by atoms with Gasteiger partial charge in [0.05, 0.1) is 10.5 Å². The Bertz CT molecular complexity index is 824. The second kappa shape index (κ2) is 7.24. The van der Waals surface area contributed by atoms with E-state index < -0.39 is 16.0 Å². The van der Waals surface area contributed by atoms with Crippen molar-refractivity contribution in [1.82, 2.24) is 9.21 Å². The lowest BCUT2D eigenvalue weighted by atomic mass is 9.93. The zero-order valence-corrected chi connectivity index (χ0v) is 16.5. The molecule has 0 radical (unpaired) electrons. The average molecular weight is 394 g/mol. The van der Waals surface area contributed by atoms with E-state index in [2.05, 4.69) is 13.8 Å². The number of aromatic carboxylic acids is 1. The fraction of sp³-hybridized carbons (Fsp3) is 0.579. The van der Waals surface area contributed by atoms with Gasteiger partial charge in [0, 0.05) is 32.1 Å². The summed E-state index contributed by atoms with van der Waals surface area (Å²) in [6.45, 7) is 6.46. The Morgan fingerprint density at radius 3 is 2.15 bits per heavy atom. The van der Waals surface area contributed by atoms with Crippen LogP contribution in [0.15, 0.2) is 29.2 Å². The number of carbonyl (C=O) groups excluding carboxylic acids is 1. The van der Waals surface area contributed by atoms with Gasteiger partial charge in [-0.2, -0.15) is 4.31 Å². The van der Waals surface area contributed by atoms with Crippen molar-refractivity contribution in [2.45, 2.75) is 38.0 Å². The third-order valence-corrected chi connectivity index (χ3v) is 7.44. The molecule has 1 amide bonds. The minimum Gasteiger partial charge on any atom is -0.478 e. The van der Waals surface area contributed by atoms with E-state index in [-0.39, 0.29) is 27.7 Å². The molecule has 1 aromatic rings. The third-order valence-electron chi connectivity index (χ3n) is 5.53. The predicted molar refractivity (Wildman–Crippen MR) is 99.9 cm³/mol. The molecule has 2 aliphatic heterocycles. The molecule has 0 aromatic heterocycles. The summed E-state index contributed by atoms with van der Waals surface area (Å²) >= 11 is 0. The Morgan fingerprint density at radius 1 is 1.07 bits per heavy atom. The minimum absolute atomic E-state index is 0.0480. The molecule has 2 heterocycles. The molecule has 0 atom stereocenters. The van der Waals surface area contributed by atoms with Gasteiger partial charge in [-0.15, -0.1) is 0 Å². The molecule has 0 saturated carbocycles. The number of likely N-dealkylation sites (tertiary alicyclic amines) is 1. The molecule has 0 aliphatic carbocycles. The maximum absolute atomic E-state index is 12.8. The molecule has 1 aromatic carbocycles. The minimum atomic E-state index is -3.68. The number of carboxylic acid groups (broad SMARTS) is 1. The van der Waals surface area contributed by atoms with Crippen LogP contribution in [0.2, 0.25) is 0 Å². The summed E-state index contributed by atoms with van der Waals surface area (Å²) in [7, 11) is -3.68.